The first kappa shape index (κ1) is 17.0. The summed E-state index contributed by atoms with van der Waals surface area (Å²) in [5.41, 5.74) is 2.61. The Hall–Kier alpha value is -2.44. The molecule has 0 saturated carbocycles. The van der Waals surface area contributed by atoms with E-state index in [0.717, 1.165) is 28.7 Å². The SMILES string of the molecule is O=C(COc1ccc(Cl)cc1)Nc1cccc(-c2cn3c(n2)SCC3)c1. The number of anilines is 1. The van der Waals surface area contributed by atoms with Crippen LogP contribution in [0.25, 0.3) is 11.3 Å². The van der Waals surface area contributed by atoms with Crippen molar-refractivity contribution in [3.8, 4) is 17.0 Å². The van der Waals surface area contributed by atoms with Crippen LogP contribution in [0.3, 0.4) is 0 Å². The zero-order chi connectivity index (χ0) is 17.9. The Balaban J connectivity index is 1.40. The van der Waals surface area contributed by atoms with Gasteiger partial charge in [0.05, 0.1) is 5.69 Å². The van der Waals surface area contributed by atoms with E-state index in [1.165, 1.54) is 0 Å². The molecule has 4 rings (SSSR count). The molecular formula is C19H16ClN3O2S. The molecule has 0 fully saturated rings. The fourth-order valence-corrected chi connectivity index (χ4v) is 3.75. The van der Waals surface area contributed by atoms with Gasteiger partial charge in [0.25, 0.3) is 5.91 Å². The van der Waals surface area contributed by atoms with Crippen molar-refractivity contribution in [2.45, 2.75) is 11.7 Å². The Morgan fingerprint density at radius 2 is 2.12 bits per heavy atom. The minimum Gasteiger partial charge on any atom is -0.484 e. The summed E-state index contributed by atoms with van der Waals surface area (Å²) < 4.78 is 7.62. The number of thioether (sulfide) groups is 1. The number of aromatic nitrogens is 2. The predicted molar refractivity (Wildman–Crippen MR) is 104 cm³/mol. The van der Waals surface area contributed by atoms with Crippen LogP contribution in [0, 0.1) is 0 Å². The molecule has 132 valence electrons. The number of rotatable bonds is 5. The summed E-state index contributed by atoms with van der Waals surface area (Å²) in [7, 11) is 0. The largest absolute Gasteiger partial charge is 0.484 e. The number of imidazole rings is 1. The maximum Gasteiger partial charge on any atom is 0.262 e. The molecule has 0 unspecified atom stereocenters. The third kappa shape index (κ3) is 3.86. The van der Waals surface area contributed by atoms with Gasteiger partial charge in [-0.25, -0.2) is 4.98 Å². The normalized spacial score (nSPS) is 12.7. The Labute approximate surface area is 160 Å². The number of benzene rings is 2. The summed E-state index contributed by atoms with van der Waals surface area (Å²) in [6, 6.07) is 14.6. The predicted octanol–water partition coefficient (Wildman–Crippen LogP) is 4.33. The van der Waals surface area contributed by atoms with E-state index in [1.807, 2.05) is 24.3 Å². The number of carbonyl (C=O) groups is 1. The van der Waals surface area contributed by atoms with Crippen molar-refractivity contribution >= 4 is 35.0 Å². The number of nitrogens with zero attached hydrogens (tertiary/aromatic N) is 2. The number of halogens is 1. The van der Waals surface area contributed by atoms with Crippen LogP contribution in [-0.2, 0) is 11.3 Å². The molecule has 1 N–H and O–H groups in total. The number of hydrogen-bond acceptors (Lipinski definition) is 4. The minimum absolute atomic E-state index is 0.0682. The lowest BCUT2D eigenvalue weighted by Crippen LogP contribution is -2.20. The van der Waals surface area contributed by atoms with Crippen LogP contribution in [-0.4, -0.2) is 27.8 Å². The molecule has 0 bridgehead atoms. The Bertz CT molecular complexity index is 919. The quantitative estimate of drug-likeness (QED) is 0.710. The van der Waals surface area contributed by atoms with Crippen molar-refractivity contribution in [2.75, 3.05) is 17.7 Å². The summed E-state index contributed by atoms with van der Waals surface area (Å²) >= 11 is 7.59. The van der Waals surface area contributed by atoms with E-state index in [9.17, 15) is 4.79 Å². The average molecular weight is 386 g/mol. The van der Waals surface area contributed by atoms with Gasteiger partial charge in [0.1, 0.15) is 5.75 Å². The van der Waals surface area contributed by atoms with Gasteiger partial charge >= 0.3 is 0 Å². The Morgan fingerprint density at radius 1 is 1.27 bits per heavy atom. The van der Waals surface area contributed by atoms with Gasteiger partial charge in [-0.1, -0.05) is 35.5 Å². The van der Waals surface area contributed by atoms with Crippen molar-refractivity contribution in [3.63, 3.8) is 0 Å². The highest BCUT2D eigenvalue weighted by Gasteiger charge is 2.15. The Kier molecular flexibility index (Phi) is 4.86. The highest BCUT2D eigenvalue weighted by molar-refractivity contribution is 7.99. The second-order valence-electron chi connectivity index (χ2n) is 5.82. The topological polar surface area (TPSA) is 56.1 Å². The first-order valence-electron chi connectivity index (χ1n) is 8.16. The lowest BCUT2D eigenvalue weighted by Gasteiger charge is -2.08. The van der Waals surface area contributed by atoms with E-state index in [-0.39, 0.29) is 12.5 Å². The molecule has 26 heavy (non-hydrogen) atoms. The van der Waals surface area contributed by atoms with Gasteiger partial charge < -0.3 is 14.6 Å². The van der Waals surface area contributed by atoms with Gasteiger partial charge in [-0.15, -0.1) is 0 Å². The van der Waals surface area contributed by atoms with Gasteiger partial charge in [0, 0.05) is 34.8 Å². The van der Waals surface area contributed by atoms with Crippen LogP contribution in [0.15, 0.2) is 59.9 Å². The van der Waals surface area contributed by atoms with Gasteiger partial charge in [-0.05, 0) is 36.4 Å². The van der Waals surface area contributed by atoms with Crippen LogP contribution >= 0.6 is 23.4 Å². The fourth-order valence-electron chi connectivity index (χ4n) is 2.68. The summed E-state index contributed by atoms with van der Waals surface area (Å²) in [6.45, 7) is 0.923. The molecule has 5 nitrogen and oxygen atoms in total. The van der Waals surface area contributed by atoms with E-state index in [4.69, 9.17) is 16.3 Å². The molecule has 0 spiro atoms. The van der Waals surface area contributed by atoms with Crippen LogP contribution in [0.2, 0.25) is 5.02 Å². The van der Waals surface area contributed by atoms with E-state index >= 15 is 0 Å². The second-order valence-corrected chi connectivity index (χ2v) is 7.32. The summed E-state index contributed by atoms with van der Waals surface area (Å²) in [5.74, 6) is 1.45. The van der Waals surface area contributed by atoms with Gasteiger partial charge in [0.2, 0.25) is 0 Å². The number of ether oxygens (including phenoxy) is 1. The first-order chi connectivity index (χ1) is 12.7. The van der Waals surface area contributed by atoms with E-state index in [0.29, 0.717) is 16.5 Å². The Morgan fingerprint density at radius 3 is 2.92 bits per heavy atom. The molecule has 2 heterocycles. The molecule has 1 amide bonds. The van der Waals surface area contributed by atoms with Crippen molar-refractivity contribution < 1.29 is 9.53 Å². The van der Waals surface area contributed by atoms with Crippen LogP contribution in [0.4, 0.5) is 5.69 Å². The lowest BCUT2D eigenvalue weighted by molar-refractivity contribution is -0.118. The number of aryl methyl sites for hydroxylation is 1. The van der Waals surface area contributed by atoms with E-state index in [1.54, 1.807) is 36.0 Å². The number of hydrogen-bond donors (Lipinski definition) is 1. The third-order valence-electron chi connectivity index (χ3n) is 3.93. The van der Waals surface area contributed by atoms with E-state index in [2.05, 4.69) is 21.1 Å². The van der Waals surface area contributed by atoms with E-state index < -0.39 is 0 Å². The maximum atomic E-state index is 12.1. The van der Waals surface area contributed by atoms with Crippen molar-refractivity contribution in [1.29, 1.82) is 0 Å². The molecule has 1 aliphatic rings. The van der Waals surface area contributed by atoms with Crippen molar-refractivity contribution in [3.05, 3.63) is 59.8 Å². The van der Waals surface area contributed by atoms with Crippen LogP contribution in [0.5, 0.6) is 5.75 Å². The summed E-state index contributed by atoms with van der Waals surface area (Å²) in [4.78, 5) is 16.8. The zero-order valence-corrected chi connectivity index (χ0v) is 15.4. The molecule has 0 atom stereocenters. The first-order valence-corrected chi connectivity index (χ1v) is 9.52. The van der Waals surface area contributed by atoms with Gasteiger partial charge in [-0.3, -0.25) is 4.79 Å². The van der Waals surface area contributed by atoms with Crippen molar-refractivity contribution in [2.24, 2.45) is 0 Å². The number of nitrogens with one attached hydrogen (secondary N) is 1. The number of carbonyl (C=O) groups excluding carboxylic acids is 1. The third-order valence-corrected chi connectivity index (χ3v) is 5.15. The van der Waals surface area contributed by atoms with Crippen molar-refractivity contribution in [1.82, 2.24) is 9.55 Å². The molecule has 3 aromatic rings. The van der Waals surface area contributed by atoms with Gasteiger partial charge in [-0.2, -0.15) is 0 Å². The molecule has 7 heteroatoms. The highest BCUT2D eigenvalue weighted by Crippen LogP contribution is 2.29. The number of amides is 1. The highest BCUT2D eigenvalue weighted by atomic mass is 35.5. The maximum absolute atomic E-state index is 12.1. The molecule has 0 saturated heterocycles. The number of fused-ring (bicyclic) bond motifs is 1. The molecule has 1 aromatic heterocycles. The van der Waals surface area contributed by atoms with Crippen LogP contribution < -0.4 is 10.1 Å². The minimum atomic E-state index is -0.222. The molecule has 1 aliphatic heterocycles. The molecule has 0 radical (unpaired) electrons. The molecular weight excluding hydrogens is 370 g/mol. The second kappa shape index (κ2) is 7.43. The molecule has 2 aromatic carbocycles. The average Bonchev–Trinajstić information content (AvgIpc) is 3.23. The monoisotopic (exact) mass is 385 g/mol. The van der Waals surface area contributed by atoms with Crippen LogP contribution in [0.1, 0.15) is 0 Å². The fraction of sp³-hybridized carbons (Fsp3) is 0.158. The lowest BCUT2D eigenvalue weighted by atomic mass is 10.1. The smallest absolute Gasteiger partial charge is 0.262 e. The summed E-state index contributed by atoms with van der Waals surface area (Å²) in [5, 5.41) is 4.53. The van der Waals surface area contributed by atoms with Gasteiger partial charge in [0.15, 0.2) is 11.8 Å². The molecule has 0 aliphatic carbocycles. The zero-order valence-electron chi connectivity index (χ0n) is 13.8. The summed E-state index contributed by atoms with van der Waals surface area (Å²) in [6.07, 6.45) is 2.06. The standard InChI is InChI=1S/C19H16ClN3O2S/c20-14-4-6-16(7-5-14)25-12-18(24)21-15-3-1-2-13(10-15)17-11-23-8-9-26-19(23)22-17/h1-7,10-11H,8-9,12H2,(H,21,24).